The number of carbonyl (C=O) groups is 1. The molecule has 7 nitrogen and oxygen atoms in total. The summed E-state index contributed by atoms with van der Waals surface area (Å²) in [6.07, 6.45) is 5.90. The molecule has 0 saturated carbocycles. The lowest BCUT2D eigenvalue weighted by molar-refractivity contribution is 0.0935. The van der Waals surface area contributed by atoms with Crippen LogP contribution in [0.4, 0.5) is 0 Å². The Morgan fingerprint density at radius 1 is 1.33 bits per heavy atom. The molecule has 1 aliphatic rings. The standard InChI is InChI=1S/C20H24N6O/c1-3-25-11-5-7-16(25)13-22-20(27)19-14(2)26(24-23-19)18-8-4-6-15-12-21-10-9-17(15)18/h4,6,8-10,12,16H,3,5,7,11,13H2,1-2H3,(H,22,27). The number of likely N-dealkylation sites (tertiary alicyclic amines) is 1. The number of hydrogen-bond acceptors (Lipinski definition) is 5. The highest BCUT2D eigenvalue weighted by Gasteiger charge is 2.25. The van der Waals surface area contributed by atoms with Crippen molar-refractivity contribution in [2.75, 3.05) is 19.6 Å². The van der Waals surface area contributed by atoms with E-state index in [0.29, 0.717) is 18.3 Å². The van der Waals surface area contributed by atoms with Crippen LogP contribution >= 0.6 is 0 Å². The molecule has 27 heavy (non-hydrogen) atoms. The first-order valence-corrected chi connectivity index (χ1v) is 9.46. The zero-order chi connectivity index (χ0) is 18.8. The summed E-state index contributed by atoms with van der Waals surface area (Å²) in [6.45, 7) is 6.82. The molecule has 3 heterocycles. The molecule has 0 bridgehead atoms. The van der Waals surface area contributed by atoms with Crippen molar-refractivity contribution in [1.82, 2.24) is 30.2 Å². The molecule has 1 aromatic carbocycles. The second-order valence-corrected chi connectivity index (χ2v) is 6.94. The van der Waals surface area contributed by atoms with Crippen molar-refractivity contribution < 1.29 is 4.79 Å². The van der Waals surface area contributed by atoms with E-state index in [9.17, 15) is 4.79 Å². The summed E-state index contributed by atoms with van der Waals surface area (Å²) in [5, 5.41) is 13.5. The Kier molecular flexibility index (Phi) is 4.85. The zero-order valence-electron chi connectivity index (χ0n) is 15.7. The third-order valence-electron chi connectivity index (χ3n) is 5.40. The summed E-state index contributed by atoms with van der Waals surface area (Å²) in [7, 11) is 0. The van der Waals surface area contributed by atoms with Gasteiger partial charge in [0.25, 0.3) is 5.91 Å². The molecular formula is C20H24N6O. The molecule has 0 spiro atoms. The molecule has 0 aliphatic carbocycles. The zero-order valence-corrected chi connectivity index (χ0v) is 15.7. The smallest absolute Gasteiger partial charge is 0.273 e. The molecule has 4 rings (SSSR count). The Hall–Kier alpha value is -2.80. The maximum absolute atomic E-state index is 12.7. The van der Waals surface area contributed by atoms with Gasteiger partial charge in [-0.05, 0) is 45.0 Å². The average Bonchev–Trinajstić information content (AvgIpc) is 3.31. The van der Waals surface area contributed by atoms with Gasteiger partial charge in [0, 0.05) is 35.8 Å². The van der Waals surface area contributed by atoms with Crippen LogP contribution in [0.25, 0.3) is 16.5 Å². The van der Waals surface area contributed by atoms with Gasteiger partial charge in [0.2, 0.25) is 0 Å². The van der Waals surface area contributed by atoms with Crippen molar-refractivity contribution in [3.05, 3.63) is 48.0 Å². The summed E-state index contributed by atoms with van der Waals surface area (Å²) in [4.78, 5) is 19.2. The van der Waals surface area contributed by atoms with Crippen molar-refractivity contribution in [2.45, 2.75) is 32.7 Å². The van der Waals surface area contributed by atoms with Crippen molar-refractivity contribution in [3.8, 4) is 5.69 Å². The van der Waals surface area contributed by atoms with Crippen molar-refractivity contribution in [1.29, 1.82) is 0 Å². The molecule has 2 aromatic heterocycles. The van der Waals surface area contributed by atoms with Crippen LogP contribution in [0.2, 0.25) is 0 Å². The number of hydrogen-bond donors (Lipinski definition) is 1. The highest BCUT2D eigenvalue weighted by atomic mass is 16.2. The van der Waals surface area contributed by atoms with Crippen LogP contribution in [-0.4, -0.2) is 56.5 Å². The maximum atomic E-state index is 12.7. The summed E-state index contributed by atoms with van der Waals surface area (Å²) in [6, 6.07) is 8.31. The van der Waals surface area contributed by atoms with Crippen LogP contribution in [0.5, 0.6) is 0 Å². The van der Waals surface area contributed by atoms with Gasteiger partial charge in [-0.3, -0.25) is 14.7 Å². The van der Waals surface area contributed by atoms with Gasteiger partial charge in [-0.25, -0.2) is 4.68 Å². The Morgan fingerprint density at radius 2 is 2.22 bits per heavy atom. The average molecular weight is 364 g/mol. The quantitative estimate of drug-likeness (QED) is 0.752. The van der Waals surface area contributed by atoms with Gasteiger partial charge in [0.15, 0.2) is 5.69 Å². The lowest BCUT2D eigenvalue weighted by atomic mass is 10.1. The Balaban J connectivity index is 1.56. The minimum absolute atomic E-state index is 0.163. The summed E-state index contributed by atoms with van der Waals surface area (Å²) >= 11 is 0. The lowest BCUT2D eigenvalue weighted by Crippen LogP contribution is -2.40. The van der Waals surface area contributed by atoms with Crippen LogP contribution in [0, 0.1) is 6.92 Å². The number of likely N-dealkylation sites (N-methyl/N-ethyl adjacent to an activating group) is 1. The van der Waals surface area contributed by atoms with E-state index < -0.39 is 0 Å². The van der Waals surface area contributed by atoms with Crippen LogP contribution in [0.15, 0.2) is 36.7 Å². The number of fused-ring (bicyclic) bond motifs is 1. The van der Waals surface area contributed by atoms with Crippen LogP contribution in [0.1, 0.15) is 35.9 Å². The number of aromatic nitrogens is 4. The molecule has 1 aliphatic heterocycles. The Labute approximate surface area is 158 Å². The highest BCUT2D eigenvalue weighted by molar-refractivity contribution is 5.94. The van der Waals surface area contributed by atoms with Gasteiger partial charge in [-0.15, -0.1) is 5.10 Å². The molecule has 3 aromatic rings. The predicted molar refractivity (Wildman–Crippen MR) is 104 cm³/mol. The first-order chi connectivity index (χ1) is 13.2. The molecule has 0 radical (unpaired) electrons. The summed E-state index contributed by atoms with van der Waals surface area (Å²) < 4.78 is 1.73. The molecule has 140 valence electrons. The largest absolute Gasteiger partial charge is 0.349 e. The molecule has 1 N–H and O–H groups in total. The minimum atomic E-state index is -0.163. The van der Waals surface area contributed by atoms with E-state index >= 15 is 0 Å². The van der Waals surface area contributed by atoms with Crippen LogP contribution in [0.3, 0.4) is 0 Å². The van der Waals surface area contributed by atoms with E-state index in [1.54, 1.807) is 10.9 Å². The second-order valence-electron chi connectivity index (χ2n) is 6.94. The summed E-state index contributed by atoms with van der Waals surface area (Å²) in [5.41, 5.74) is 2.00. The molecule has 1 atom stereocenters. The second kappa shape index (κ2) is 7.44. The lowest BCUT2D eigenvalue weighted by Gasteiger charge is -2.22. The first kappa shape index (κ1) is 17.6. The van der Waals surface area contributed by atoms with Crippen molar-refractivity contribution in [3.63, 3.8) is 0 Å². The van der Waals surface area contributed by atoms with E-state index in [-0.39, 0.29) is 5.91 Å². The number of rotatable bonds is 5. The van der Waals surface area contributed by atoms with Crippen LogP contribution < -0.4 is 5.32 Å². The SMILES string of the molecule is CCN1CCCC1CNC(=O)c1nnn(-c2cccc3cnccc23)c1C. The number of amides is 1. The van der Waals surface area contributed by atoms with Gasteiger partial charge < -0.3 is 5.32 Å². The minimum Gasteiger partial charge on any atom is -0.349 e. The van der Waals surface area contributed by atoms with Crippen LogP contribution in [-0.2, 0) is 0 Å². The Morgan fingerprint density at radius 3 is 3.07 bits per heavy atom. The third kappa shape index (κ3) is 3.30. The molecular weight excluding hydrogens is 340 g/mol. The van der Waals surface area contributed by atoms with E-state index in [2.05, 4.69) is 32.4 Å². The van der Waals surface area contributed by atoms with E-state index in [1.807, 2.05) is 37.4 Å². The van der Waals surface area contributed by atoms with Gasteiger partial charge in [0.05, 0.1) is 11.4 Å². The number of nitrogens with zero attached hydrogens (tertiary/aromatic N) is 5. The maximum Gasteiger partial charge on any atom is 0.273 e. The highest BCUT2D eigenvalue weighted by Crippen LogP contribution is 2.22. The first-order valence-electron chi connectivity index (χ1n) is 9.46. The fourth-order valence-corrected chi connectivity index (χ4v) is 3.89. The monoisotopic (exact) mass is 364 g/mol. The molecule has 1 saturated heterocycles. The fraction of sp³-hybridized carbons (Fsp3) is 0.400. The fourth-order valence-electron chi connectivity index (χ4n) is 3.89. The molecule has 1 unspecified atom stereocenters. The van der Waals surface area contributed by atoms with Gasteiger partial charge in [-0.2, -0.15) is 0 Å². The van der Waals surface area contributed by atoms with Crippen molar-refractivity contribution >= 4 is 16.7 Å². The van der Waals surface area contributed by atoms with Gasteiger partial charge in [0.1, 0.15) is 0 Å². The molecule has 1 amide bonds. The molecule has 7 heteroatoms. The van der Waals surface area contributed by atoms with Crippen molar-refractivity contribution in [2.24, 2.45) is 0 Å². The normalized spacial score (nSPS) is 17.5. The van der Waals surface area contributed by atoms with E-state index in [4.69, 9.17) is 0 Å². The molecule has 1 fully saturated rings. The van der Waals surface area contributed by atoms with E-state index in [1.165, 1.54) is 6.42 Å². The number of benzene rings is 1. The number of pyridine rings is 1. The summed E-state index contributed by atoms with van der Waals surface area (Å²) in [5.74, 6) is -0.163. The topological polar surface area (TPSA) is 75.9 Å². The third-order valence-corrected chi connectivity index (χ3v) is 5.40. The number of carbonyl (C=O) groups excluding carboxylic acids is 1. The van der Waals surface area contributed by atoms with E-state index in [0.717, 1.165) is 41.7 Å². The Bertz CT molecular complexity index is 961. The number of nitrogens with one attached hydrogen (secondary N) is 1. The van der Waals surface area contributed by atoms with Gasteiger partial charge >= 0.3 is 0 Å². The predicted octanol–water partition coefficient (Wildman–Crippen LogP) is 2.34. The van der Waals surface area contributed by atoms with Gasteiger partial charge in [-0.1, -0.05) is 24.3 Å².